The van der Waals surface area contributed by atoms with E-state index in [1.54, 1.807) is 7.11 Å². The molecule has 1 aromatic carbocycles. The van der Waals surface area contributed by atoms with E-state index < -0.39 is 0 Å². The van der Waals surface area contributed by atoms with Crippen LogP contribution in [-0.4, -0.2) is 31.7 Å². The molecule has 20 heavy (non-hydrogen) atoms. The Morgan fingerprint density at radius 3 is 2.80 bits per heavy atom. The molecule has 1 aromatic heterocycles. The van der Waals surface area contributed by atoms with Gasteiger partial charge in [-0.2, -0.15) is 0 Å². The SMILES string of the molecule is COc1ccc2ccnc(N3CCC(CN)CC3)c2c1. The van der Waals surface area contributed by atoms with Crippen LogP contribution in [0.15, 0.2) is 30.5 Å². The fourth-order valence-electron chi connectivity index (χ4n) is 2.89. The molecule has 1 saturated heterocycles. The highest BCUT2D eigenvalue weighted by Gasteiger charge is 2.20. The normalized spacial score (nSPS) is 16.6. The van der Waals surface area contributed by atoms with Crippen LogP contribution >= 0.6 is 0 Å². The average Bonchev–Trinajstić information content (AvgIpc) is 2.54. The number of benzene rings is 1. The first-order valence-corrected chi connectivity index (χ1v) is 7.19. The summed E-state index contributed by atoms with van der Waals surface area (Å²) in [5, 5.41) is 2.37. The zero-order valence-electron chi connectivity index (χ0n) is 11.9. The second-order valence-corrected chi connectivity index (χ2v) is 5.39. The van der Waals surface area contributed by atoms with Crippen molar-refractivity contribution in [2.75, 3.05) is 31.6 Å². The van der Waals surface area contributed by atoms with Crippen molar-refractivity contribution in [2.45, 2.75) is 12.8 Å². The molecule has 1 aliphatic heterocycles. The molecule has 106 valence electrons. The molecule has 4 heteroatoms. The summed E-state index contributed by atoms with van der Waals surface area (Å²) in [6.45, 7) is 2.86. The van der Waals surface area contributed by atoms with Crippen LogP contribution in [-0.2, 0) is 0 Å². The molecule has 1 fully saturated rings. The molecule has 0 aliphatic carbocycles. The first-order chi connectivity index (χ1) is 9.81. The summed E-state index contributed by atoms with van der Waals surface area (Å²) >= 11 is 0. The van der Waals surface area contributed by atoms with E-state index in [2.05, 4.69) is 22.0 Å². The highest BCUT2D eigenvalue weighted by molar-refractivity contribution is 5.93. The minimum Gasteiger partial charge on any atom is -0.497 e. The van der Waals surface area contributed by atoms with E-state index in [1.165, 1.54) is 5.39 Å². The topological polar surface area (TPSA) is 51.4 Å². The van der Waals surface area contributed by atoms with Gasteiger partial charge in [0.25, 0.3) is 0 Å². The van der Waals surface area contributed by atoms with Gasteiger partial charge in [0, 0.05) is 24.7 Å². The van der Waals surface area contributed by atoms with E-state index in [1.807, 2.05) is 18.3 Å². The summed E-state index contributed by atoms with van der Waals surface area (Å²) in [7, 11) is 1.70. The third-order valence-electron chi connectivity index (χ3n) is 4.20. The van der Waals surface area contributed by atoms with Gasteiger partial charge in [-0.1, -0.05) is 6.07 Å². The summed E-state index contributed by atoms with van der Waals surface area (Å²) in [6, 6.07) is 8.20. The van der Waals surface area contributed by atoms with Crippen LogP contribution in [0.2, 0.25) is 0 Å². The number of rotatable bonds is 3. The standard InChI is InChI=1S/C16H21N3O/c1-20-14-3-2-13-4-7-18-16(15(13)10-14)19-8-5-12(11-17)6-9-19/h2-4,7,10,12H,5-6,8-9,11,17H2,1H3. The molecular weight excluding hydrogens is 250 g/mol. The summed E-state index contributed by atoms with van der Waals surface area (Å²) in [5.41, 5.74) is 5.77. The van der Waals surface area contributed by atoms with Crippen molar-refractivity contribution >= 4 is 16.6 Å². The van der Waals surface area contributed by atoms with Gasteiger partial charge in [0.05, 0.1) is 7.11 Å². The van der Waals surface area contributed by atoms with E-state index in [-0.39, 0.29) is 0 Å². The zero-order valence-corrected chi connectivity index (χ0v) is 11.9. The third kappa shape index (κ3) is 2.43. The number of nitrogens with two attached hydrogens (primary N) is 1. The Morgan fingerprint density at radius 2 is 2.10 bits per heavy atom. The van der Waals surface area contributed by atoms with Gasteiger partial charge in [-0.3, -0.25) is 0 Å². The molecule has 2 N–H and O–H groups in total. The molecule has 3 rings (SSSR count). The van der Waals surface area contributed by atoms with Crippen LogP contribution in [0.4, 0.5) is 5.82 Å². The molecule has 2 heterocycles. The summed E-state index contributed by atoms with van der Waals surface area (Å²) in [6.07, 6.45) is 4.19. The Labute approximate surface area is 119 Å². The first kappa shape index (κ1) is 13.2. The Bertz CT molecular complexity index is 591. The van der Waals surface area contributed by atoms with Crippen molar-refractivity contribution in [3.8, 4) is 5.75 Å². The lowest BCUT2D eigenvalue weighted by molar-refractivity contribution is 0.412. The van der Waals surface area contributed by atoms with E-state index in [4.69, 9.17) is 10.5 Å². The monoisotopic (exact) mass is 271 g/mol. The van der Waals surface area contributed by atoms with Gasteiger partial charge < -0.3 is 15.4 Å². The number of anilines is 1. The number of fused-ring (bicyclic) bond motifs is 1. The predicted molar refractivity (Wildman–Crippen MR) is 82.3 cm³/mol. The van der Waals surface area contributed by atoms with Crippen LogP contribution in [0, 0.1) is 5.92 Å². The van der Waals surface area contributed by atoms with E-state index in [0.717, 1.165) is 49.4 Å². The molecule has 0 amide bonds. The Kier molecular flexibility index (Phi) is 3.74. The summed E-state index contributed by atoms with van der Waals surface area (Å²) < 4.78 is 5.34. The molecular formula is C16H21N3O. The number of pyridine rings is 1. The fraction of sp³-hybridized carbons (Fsp3) is 0.438. The number of aromatic nitrogens is 1. The average molecular weight is 271 g/mol. The minimum atomic E-state index is 0.663. The molecule has 0 unspecified atom stereocenters. The molecule has 4 nitrogen and oxygen atoms in total. The van der Waals surface area contributed by atoms with Crippen molar-refractivity contribution in [1.82, 2.24) is 4.98 Å². The number of hydrogen-bond acceptors (Lipinski definition) is 4. The number of nitrogens with zero attached hydrogens (tertiary/aromatic N) is 2. The summed E-state index contributed by atoms with van der Waals surface area (Å²) in [5.74, 6) is 2.61. The molecule has 0 atom stereocenters. The van der Waals surface area contributed by atoms with Crippen molar-refractivity contribution < 1.29 is 4.74 Å². The highest BCUT2D eigenvalue weighted by atomic mass is 16.5. The lowest BCUT2D eigenvalue weighted by Gasteiger charge is -2.32. The zero-order chi connectivity index (χ0) is 13.9. The van der Waals surface area contributed by atoms with E-state index in [0.29, 0.717) is 5.92 Å². The Balaban J connectivity index is 1.94. The number of hydrogen-bond donors (Lipinski definition) is 1. The van der Waals surface area contributed by atoms with Gasteiger partial charge in [0.1, 0.15) is 11.6 Å². The van der Waals surface area contributed by atoms with Crippen LogP contribution in [0.3, 0.4) is 0 Å². The van der Waals surface area contributed by atoms with Crippen molar-refractivity contribution in [2.24, 2.45) is 11.7 Å². The van der Waals surface area contributed by atoms with E-state index in [9.17, 15) is 0 Å². The van der Waals surface area contributed by atoms with Crippen LogP contribution in [0.25, 0.3) is 10.8 Å². The van der Waals surface area contributed by atoms with Gasteiger partial charge in [0.2, 0.25) is 0 Å². The molecule has 0 spiro atoms. The van der Waals surface area contributed by atoms with Crippen molar-refractivity contribution in [3.05, 3.63) is 30.5 Å². The molecule has 1 aliphatic rings. The smallest absolute Gasteiger partial charge is 0.136 e. The number of piperidine rings is 1. The van der Waals surface area contributed by atoms with E-state index >= 15 is 0 Å². The van der Waals surface area contributed by atoms with Gasteiger partial charge in [0.15, 0.2) is 0 Å². The number of ether oxygens (including phenoxy) is 1. The van der Waals surface area contributed by atoms with Gasteiger partial charge in [-0.15, -0.1) is 0 Å². The lowest BCUT2D eigenvalue weighted by Crippen LogP contribution is -2.36. The molecule has 0 radical (unpaired) electrons. The quantitative estimate of drug-likeness (QED) is 0.931. The predicted octanol–water partition coefficient (Wildman–Crippen LogP) is 2.42. The van der Waals surface area contributed by atoms with Crippen molar-refractivity contribution in [3.63, 3.8) is 0 Å². The van der Waals surface area contributed by atoms with Crippen LogP contribution in [0.1, 0.15) is 12.8 Å². The van der Waals surface area contributed by atoms with Gasteiger partial charge in [-0.25, -0.2) is 4.98 Å². The Morgan fingerprint density at radius 1 is 1.30 bits per heavy atom. The van der Waals surface area contributed by atoms with Gasteiger partial charge >= 0.3 is 0 Å². The third-order valence-corrected chi connectivity index (χ3v) is 4.20. The molecule has 0 saturated carbocycles. The summed E-state index contributed by atoms with van der Waals surface area (Å²) in [4.78, 5) is 6.96. The largest absolute Gasteiger partial charge is 0.497 e. The van der Waals surface area contributed by atoms with Gasteiger partial charge in [-0.05, 0) is 48.9 Å². The van der Waals surface area contributed by atoms with Crippen LogP contribution < -0.4 is 15.4 Å². The lowest BCUT2D eigenvalue weighted by atomic mass is 9.97. The second-order valence-electron chi connectivity index (χ2n) is 5.39. The molecule has 0 bridgehead atoms. The van der Waals surface area contributed by atoms with Crippen LogP contribution in [0.5, 0.6) is 5.75 Å². The Hall–Kier alpha value is -1.81. The molecule has 2 aromatic rings. The fourth-order valence-corrected chi connectivity index (χ4v) is 2.89. The minimum absolute atomic E-state index is 0.663. The maximum atomic E-state index is 5.77. The highest BCUT2D eigenvalue weighted by Crippen LogP contribution is 2.30. The first-order valence-electron chi connectivity index (χ1n) is 7.19. The number of methoxy groups -OCH3 is 1. The van der Waals surface area contributed by atoms with Crippen molar-refractivity contribution in [1.29, 1.82) is 0 Å². The maximum absolute atomic E-state index is 5.77. The second kappa shape index (κ2) is 5.67. The maximum Gasteiger partial charge on any atom is 0.136 e.